The highest BCUT2D eigenvalue weighted by atomic mass is 32.2. The molecule has 0 unspecified atom stereocenters. The summed E-state index contributed by atoms with van der Waals surface area (Å²) in [5.41, 5.74) is 9.75. The summed E-state index contributed by atoms with van der Waals surface area (Å²) in [5, 5.41) is 29.2. The van der Waals surface area contributed by atoms with E-state index >= 15 is 0 Å². The van der Waals surface area contributed by atoms with Crippen LogP contribution in [0.3, 0.4) is 0 Å². The summed E-state index contributed by atoms with van der Waals surface area (Å²) in [5.74, 6) is -1.99. The molecule has 0 saturated carbocycles. The molecule has 8 N–H and O–H groups in total. The number of aliphatic imine (C=N–C) groups is 2. The number of carbonyl (C=O) groups excluding carboxylic acids is 2. The Kier molecular flexibility index (Phi) is 8.23. The third-order valence-electron chi connectivity index (χ3n) is 2.32. The summed E-state index contributed by atoms with van der Waals surface area (Å²) in [4.78, 5) is 38.9. The first-order valence-electron chi connectivity index (χ1n) is 6.30. The number of hydrogen-bond donors (Lipinski definition) is 6. The van der Waals surface area contributed by atoms with Crippen LogP contribution in [-0.2, 0) is 9.78 Å². The average molecular weight is 400 g/mol. The van der Waals surface area contributed by atoms with E-state index in [-0.39, 0.29) is 11.1 Å². The molecule has 1 rings (SSSR count). The Bertz CT molecular complexity index is 731. The molecule has 0 aromatic heterocycles. The molecule has 138 valence electrons. The van der Waals surface area contributed by atoms with E-state index in [1.807, 2.05) is 0 Å². The molecule has 14 heteroatoms. The minimum Gasteiger partial charge on any atom is -0.378 e. The molecular weight excluding hydrogens is 388 g/mol. The van der Waals surface area contributed by atoms with Gasteiger partial charge in [-0.2, -0.15) is 9.98 Å². The largest absolute Gasteiger partial charge is 0.378 e. The number of carbonyl (C=O) groups is 2. The Morgan fingerprint density at radius 3 is 1.50 bits per heavy atom. The van der Waals surface area contributed by atoms with E-state index in [9.17, 15) is 9.59 Å². The van der Waals surface area contributed by atoms with Crippen LogP contribution in [0.4, 0.5) is 0 Å². The van der Waals surface area contributed by atoms with Crippen molar-refractivity contribution in [1.82, 2.24) is 0 Å². The van der Waals surface area contributed by atoms with Gasteiger partial charge < -0.3 is 21.2 Å². The number of nitrogens with one attached hydrogen (secondary N) is 2. The van der Waals surface area contributed by atoms with Gasteiger partial charge in [0.15, 0.2) is 10.3 Å². The molecule has 0 aliphatic rings. The molecule has 1 aromatic rings. The predicted octanol–water partition coefficient (Wildman–Crippen LogP) is 0.912. The molecule has 0 fully saturated rings. The molecule has 0 radical (unpaired) electrons. The van der Waals surface area contributed by atoms with Crippen molar-refractivity contribution >= 4 is 56.1 Å². The van der Waals surface area contributed by atoms with Gasteiger partial charge in [-0.1, -0.05) is 12.1 Å². The van der Waals surface area contributed by atoms with E-state index < -0.39 is 32.6 Å². The summed E-state index contributed by atoms with van der Waals surface area (Å²) in [6.45, 7) is 0. The van der Waals surface area contributed by atoms with Crippen LogP contribution in [0, 0.1) is 10.8 Å². The van der Waals surface area contributed by atoms with Gasteiger partial charge in [0.1, 0.15) is 0 Å². The van der Waals surface area contributed by atoms with Crippen LogP contribution in [0.2, 0.25) is 0 Å². The van der Waals surface area contributed by atoms with E-state index in [1.54, 1.807) is 0 Å². The van der Waals surface area contributed by atoms with Crippen LogP contribution in [0.25, 0.3) is 0 Å². The van der Waals surface area contributed by atoms with Gasteiger partial charge in [-0.15, -0.1) is 0 Å². The van der Waals surface area contributed by atoms with Crippen molar-refractivity contribution in [2.24, 2.45) is 21.5 Å². The molecule has 0 aliphatic carbocycles. The van der Waals surface area contributed by atoms with Crippen molar-refractivity contribution in [2.45, 2.75) is 0 Å². The lowest BCUT2D eigenvalue weighted by Gasteiger charge is -2.05. The molecule has 26 heavy (non-hydrogen) atoms. The van der Waals surface area contributed by atoms with Crippen LogP contribution in [0.5, 0.6) is 0 Å². The molecule has 0 atom stereocenters. The van der Waals surface area contributed by atoms with Gasteiger partial charge >= 0.3 is 10.5 Å². The monoisotopic (exact) mass is 400 g/mol. The molecule has 0 spiro atoms. The third-order valence-corrected chi connectivity index (χ3v) is 3.44. The Morgan fingerprint density at radius 2 is 1.23 bits per heavy atom. The first kappa shape index (κ1) is 21.1. The van der Waals surface area contributed by atoms with Crippen molar-refractivity contribution in [2.75, 3.05) is 0 Å². The first-order valence-corrected chi connectivity index (χ1v) is 7.93. The van der Waals surface area contributed by atoms with Gasteiger partial charge in [0.05, 0.1) is 11.1 Å². The number of nitrogens with two attached hydrogens (primary N) is 2. The molecule has 2 amide bonds. The van der Waals surface area contributed by atoms with Crippen LogP contribution in [0.1, 0.15) is 20.7 Å². The lowest BCUT2D eigenvalue weighted by molar-refractivity contribution is -0.150. The smallest absolute Gasteiger partial charge is 0.302 e. The van der Waals surface area contributed by atoms with Crippen molar-refractivity contribution in [3.05, 3.63) is 35.4 Å². The average Bonchev–Trinajstić information content (AvgIpc) is 2.59. The fraction of sp³-hybridized carbons (Fsp3) is 0. The van der Waals surface area contributed by atoms with E-state index in [0.29, 0.717) is 23.5 Å². The number of amidine groups is 2. The van der Waals surface area contributed by atoms with Crippen LogP contribution >= 0.6 is 23.5 Å². The number of hydrogen-bond acceptors (Lipinski definition) is 10. The zero-order valence-corrected chi connectivity index (χ0v) is 14.3. The van der Waals surface area contributed by atoms with Gasteiger partial charge in [-0.25, -0.2) is 10.5 Å². The summed E-state index contributed by atoms with van der Waals surface area (Å²) in [6.07, 6.45) is 0. The Balaban J connectivity index is 3.21. The molecule has 0 saturated heterocycles. The Morgan fingerprint density at radius 1 is 0.885 bits per heavy atom. The second kappa shape index (κ2) is 10.1. The van der Waals surface area contributed by atoms with Crippen molar-refractivity contribution in [1.29, 1.82) is 10.8 Å². The highest BCUT2D eigenvalue weighted by molar-refractivity contribution is 8.26. The fourth-order valence-electron chi connectivity index (χ4n) is 1.45. The topological polar surface area (TPSA) is 218 Å². The lowest BCUT2D eigenvalue weighted by Crippen LogP contribution is -2.14. The number of benzene rings is 1. The molecule has 12 nitrogen and oxygen atoms in total. The zero-order chi connectivity index (χ0) is 19.7. The minimum atomic E-state index is -0.993. The Labute approximate surface area is 154 Å². The van der Waals surface area contributed by atoms with Crippen LogP contribution in [0.15, 0.2) is 34.3 Å². The second-order valence-electron chi connectivity index (χ2n) is 4.03. The first-order chi connectivity index (χ1) is 12.3. The van der Waals surface area contributed by atoms with E-state index in [2.05, 4.69) is 19.8 Å². The number of nitrogens with zero attached hydrogens (tertiary/aromatic N) is 2. The van der Waals surface area contributed by atoms with Crippen LogP contribution in [-0.4, -0.2) is 43.1 Å². The van der Waals surface area contributed by atoms with Gasteiger partial charge in [-0.3, -0.25) is 20.4 Å². The van der Waals surface area contributed by atoms with Gasteiger partial charge in [-0.05, 0) is 12.1 Å². The lowest BCUT2D eigenvalue weighted by atomic mass is 10.1. The summed E-state index contributed by atoms with van der Waals surface area (Å²) in [7, 11) is 0. The standard InChI is InChI=1S/C12H12N6O6S2/c13-9(14)25-11(23-21)17-7(19)5-3-1-2-4-6(5)8(20)18-12(24-22)26-10(15)16/h1-4,21-22H,(H3,13,14)(H3,15,16). The van der Waals surface area contributed by atoms with Gasteiger partial charge in [0, 0.05) is 23.5 Å². The molecule has 0 aliphatic heterocycles. The number of thioether (sulfide) groups is 2. The van der Waals surface area contributed by atoms with Gasteiger partial charge in [0.2, 0.25) is 0 Å². The highest BCUT2D eigenvalue weighted by Crippen LogP contribution is 2.15. The van der Waals surface area contributed by atoms with Crippen molar-refractivity contribution in [3.8, 4) is 0 Å². The van der Waals surface area contributed by atoms with Crippen LogP contribution < -0.4 is 11.5 Å². The maximum atomic E-state index is 12.2. The van der Waals surface area contributed by atoms with E-state index in [1.165, 1.54) is 24.3 Å². The SMILES string of the molecule is N=C(N)SC(=NC(=O)c1ccccc1C(=O)N=C(OO)SC(=N)N)OO. The minimum absolute atomic E-state index is 0.218. The quantitative estimate of drug-likeness (QED) is 0.178. The molecule has 0 heterocycles. The molecular formula is C12H12N6O6S2. The van der Waals surface area contributed by atoms with E-state index in [4.69, 9.17) is 32.8 Å². The van der Waals surface area contributed by atoms with Crippen molar-refractivity contribution in [3.63, 3.8) is 0 Å². The fourth-order valence-corrected chi connectivity index (χ4v) is 2.16. The molecule has 0 bridgehead atoms. The maximum absolute atomic E-state index is 12.2. The highest BCUT2D eigenvalue weighted by Gasteiger charge is 2.19. The zero-order valence-electron chi connectivity index (χ0n) is 12.7. The van der Waals surface area contributed by atoms with Crippen molar-refractivity contribution < 1.29 is 29.9 Å². The Hall–Kier alpha value is -2.94. The molecule has 1 aromatic carbocycles. The second-order valence-corrected chi connectivity index (χ2v) is 6.01. The summed E-state index contributed by atoms with van der Waals surface area (Å²) >= 11 is 0.739. The number of rotatable bonds is 2. The third kappa shape index (κ3) is 6.52. The predicted molar refractivity (Wildman–Crippen MR) is 96.4 cm³/mol. The number of amides is 2. The summed E-state index contributed by atoms with van der Waals surface area (Å²) in [6, 6.07) is 5.38. The van der Waals surface area contributed by atoms with Gasteiger partial charge in [0.25, 0.3) is 11.8 Å². The maximum Gasteiger partial charge on any atom is 0.302 e. The normalized spacial score (nSPS) is 11.6. The van der Waals surface area contributed by atoms with E-state index in [0.717, 1.165) is 0 Å². The summed E-state index contributed by atoms with van der Waals surface area (Å²) < 4.78 is 0.